The zero-order chi connectivity index (χ0) is 14.7. The molecule has 0 aliphatic rings. The molecule has 1 unspecified atom stereocenters. The summed E-state index contributed by atoms with van der Waals surface area (Å²) in [7, 11) is 0. The predicted octanol–water partition coefficient (Wildman–Crippen LogP) is 6.12. The van der Waals surface area contributed by atoms with Gasteiger partial charge in [0.2, 0.25) is 0 Å². The van der Waals surface area contributed by atoms with Gasteiger partial charge in [-0.2, -0.15) is 0 Å². The van der Waals surface area contributed by atoms with E-state index in [-0.39, 0.29) is 10.6 Å². The second-order valence-corrected chi connectivity index (χ2v) is 6.33. The number of halogens is 4. The van der Waals surface area contributed by atoms with Crippen LogP contribution in [0.4, 0.5) is 4.39 Å². The lowest BCUT2D eigenvalue weighted by molar-refractivity contribution is 0.338. The summed E-state index contributed by atoms with van der Waals surface area (Å²) in [5, 5.41) is 0.400. The smallest absolute Gasteiger partial charge is 0.133 e. The van der Waals surface area contributed by atoms with Gasteiger partial charge >= 0.3 is 0 Å². The van der Waals surface area contributed by atoms with E-state index in [0.717, 1.165) is 21.3 Å². The molecule has 0 saturated carbocycles. The summed E-state index contributed by atoms with van der Waals surface area (Å²) in [6.07, 6.45) is 0. The lowest BCUT2D eigenvalue weighted by atomic mass is 10.0. The standard InChI is InChI=1S/C15H12Br2ClFO/c1-2-20-14-6-3-9(7-12(14)16)15(17)11-5-4-10(19)8-13(11)18/h3-8,15H,2H2,1H3. The molecule has 0 fully saturated rings. The second kappa shape index (κ2) is 6.92. The molecule has 20 heavy (non-hydrogen) atoms. The van der Waals surface area contributed by atoms with E-state index < -0.39 is 0 Å². The van der Waals surface area contributed by atoms with Crippen LogP contribution >= 0.6 is 43.5 Å². The van der Waals surface area contributed by atoms with Crippen molar-refractivity contribution >= 4 is 43.5 Å². The Balaban J connectivity index is 2.33. The summed E-state index contributed by atoms with van der Waals surface area (Å²) in [5.74, 6) is 0.451. The average Bonchev–Trinajstić information content (AvgIpc) is 2.40. The molecule has 0 spiro atoms. The molecule has 0 N–H and O–H groups in total. The van der Waals surface area contributed by atoms with Crippen molar-refractivity contribution in [2.45, 2.75) is 11.8 Å². The Kier molecular flexibility index (Phi) is 5.47. The monoisotopic (exact) mass is 420 g/mol. The van der Waals surface area contributed by atoms with Crippen LogP contribution in [-0.2, 0) is 0 Å². The maximum absolute atomic E-state index is 13.1. The summed E-state index contributed by atoms with van der Waals surface area (Å²) in [6, 6.07) is 10.2. The van der Waals surface area contributed by atoms with Crippen molar-refractivity contribution in [1.82, 2.24) is 0 Å². The van der Waals surface area contributed by atoms with E-state index in [0.29, 0.717) is 11.6 Å². The van der Waals surface area contributed by atoms with Crippen molar-refractivity contribution < 1.29 is 9.13 Å². The molecule has 0 aromatic heterocycles. The van der Waals surface area contributed by atoms with Gasteiger partial charge in [0.25, 0.3) is 0 Å². The third-order valence-electron chi connectivity index (χ3n) is 2.78. The maximum atomic E-state index is 13.1. The summed E-state index contributed by atoms with van der Waals surface area (Å²) in [5.41, 5.74) is 1.83. The first-order valence-corrected chi connectivity index (χ1v) is 8.13. The Morgan fingerprint density at radius 2 is 2.00 bits per heavy atom. The Labute approximate surface area is 139 Å². The third-order valence-corrected chi connectivity index (χ3v) is 4.75. The van der Waals surface area contributed by atoms with Crippen molar-refractivity contribution in [3.63, 3.8) is 0 Å². The lowest BCUT2D eigenvalue weighted by Crippen LogP contribution is -1.97. The molecule has 0 aliphatic heterocycles. The summed E-state index contributed by atoms with van der Waals surface area (Å²) in [6.45, 7) is 2.55. The normalized spacial score (nSPS) is 12.2. The van der Waals surface area contributed by atoms with Crippen LogP contribution in [0.3, 0.4) is 0 Å². The van der Waals surface area contributed by atoms with E-state index in [2.05, 4.69) is 31.9 Å². The minimum absolute atomic E-state index is 0.109. The number of hydrogen-bond donors (Lipinski definition) is 0. The van der Waals surface area contributed by atoms with Crippen LogP contribution in [0.2, 0.25) is 5.02 Å². The van der Waals surface area contributed by atoms with Crippen LogP contribution in [0.15, 0.2) is 40.9 Å². The van der Waals surface area contributed by atoms with Crippen molar-refractivity contribution in [2.24, 2.45) is 0 Å². The highest BCUT2D eigenvalue weighted by atomic mass is 79.9. The number of hydrogen-bond acceptors (Lipinski definition) is 1. The highest BCUT2D eigenvalue weighted by molar-refractivity contribution is 9.10. The van der Waals surface area contributed by atoms with Gasteiger partial charge in [-0.15, -0.1) is 0 Å². The highest BCUT2D eigenvalue weighted by Gasteiger charge is 2.15. The molecule has 0 amide bonds. The van der Waals surface area contributed by atoms with Crippen LogP contribution in [0, 0.1) is 5.82 Å². The number of ether oxygens (including phenoxy) is 1. The van der Waals surface area contributed by atoms with E-state index >= 15 is 0 Å². The first-order chi connectivity index (χ1) is 9.52. The molecule has 2 aromatic carbocycles. The first-order valence-electron chi connectivity index (χ1n) is 6.04. The molecule has 0 bridgehead atoms. The van der Waals surface area contributed by atoms with Gasteiger partial charge in [0.15, 0.2) is 0 Å². The van der Waals surface area contributed by atoms with Gasteiger partial charge in [-0.1, -0.05) is 39.7 Å². The molecule has 0 heterocycles. The van der Waals surface area contributed by atoms with Gasteiger partial charge in [-0.3, -0.25) is 0 Å². The molecule has 5 heteroatoms. The molecule has 0 saturated heterocycles. The Morgan fingerprint density at radius 1 is 1.25 bits per heavy atom. The predicted molar refractivity (Wildman–Crippen MR) is 87.5 cm³/mol. The fourth-order valence-electron chi connectivity index (χ4n) is 1.83. The van der Waals surface area contributed by atoms with Crippen molar-refractivity contribution in [3.05, 3.63) is 62.8 Å². The van der Waals surface area contributed by atoms with Crippen molar-refractivity contribution in [1.29, 1.82) is 0 Å². The zero-order valence-electron chi connectivity index (χ0n) is 10.7. The largest absolute Gasteiger partial charge is 0.493 e. The fraction of sp³-hybridized carbons (Fsp3) is 0.200. The maximum Gasteiger partial charge on any atom is 0.133 e. The topological polar surface area (TPSA) is 9.23 Å². The molecule has 2 aromatic rings. The lowest BCUT2D eigenvalue weighted by Gasteiger charge is -2.14. The fourth-order valence-corrected chi connectivity index (χ4v) is 3.44. The molecule has 2 rings (SSSR count). The van der Waals surface area contributed by atoms with E-state index in [1.165, 1.54) is 12.1 Å². The van der Waals surface area contributed by atoms with E-state index in [4.69, 9.17) is 16.3 Å². The van der Waals surface area contributed by atoms with Gasteiger partial charge in [0.05, 0.1) is 15.9 Å². The van der Waals surface area contributed by atoms with E-state index in [9.17, 15) is 4.39 Å². The first kappa shape index (κ1) is 15.8. The zero-order valence-corrected chi connectivity index (χ0v) is 14.6. The third kappa shape index (κ3) is 3.54. The van der Waals surface area contributed by atoms with E-state index in [1.807, 2.05) is 25.1 Å². The number of alkyl halides is 1. The Hall–Kier alpha value is -0.580. The molecular weight excluding hydrogens is 410 g/mol. The van der Waals surface area contributed by atoms with Crippen LogP contribution < -0.4 is 4.74 Å². The highest BCUT2D eigenvalue weighted by Crippen LogP contribution is 2.38. The van der Waals surface area contributed by atoms with Crippen LogP contribution in [-0.4, -0.2) is 6.61 Å². The summed E-state index contributed by atoms with van der Waals surface area (Å²) < 4.78 is 19.4. The second-order valence-electron chi connectivity index (χ2n) is 4.15. The quantitative estimate of drug-likeness (QED) is 0.539. The molecule has 106 valence electrons. The van der Waals surface area contributed by atoms with Crippen LogP contribution in [0.5, 0.6) is 5.75 Å². The van der Waals surface area contributed by atoms with E-state index in [1.54, 1.807) is 6.07 Å². The number of rotatable bonds is 4. The Morgan fingerprint density at radius 3 is 2.60 bits per heavy atom. The van der Waals surface area contributed by atoms with Gasteiger partial charge in [-0.05, 0) is 58.2 Å². The summed E-state index contributed by atoms with van der Waals surface area (Å²) in [4.78, 5) is -0.109. The molecule has 0 aliphatic carbocycles. The average molecular weight is 423 g/mol. The van der Waals surface area contributed by atoms with Gasteiger partial charge in [0, 0.05) is 5.02 Å². The van der Waals surface area contributed by atoms with Crippen LogP contribution in [0.25, 0.3) is 0 Å². The Bertz CT molecular complexity index is 619. The summed E-state index contributed by atoms with van der Waals surface area (Å²) >= 11 is 13.2. The van der Waals surface area contributed by atoms with Crippen molar-refractivity contribution in [2.75, 3.05) is 6.61 Å². The molecule has 0 radical (unpaired) electrons. The van der Waals surface area contributed by atoms with Gasteiger partial charge < -0.3 is 4.74 Å². The molecule has 1 nitrogen and oxygen atoms in total. The molecule has 1 atom stereocenters. The number of benzene rings is 2. The minimum atomic E-state index is -0.341. The van der Waals surface area contributed by atoms with Gasteiger partial charge in [-0.25, -0.2) is 4.39 Å². The van der Waals surface area contributed by atoms with Gasteiger partial charge in [0.1, 0.15) is 11.6 Å². The minimum Gasteiger partial charge on any atom is -0.493 e. The SMILES string of the molecule is CCOc1ccc(C(Br)c2ccc(F)cc2Cl)cc1Br. The molecular formula is C15H12Br2ClFO. The van der Waals surface area contributed by atoms with Crippen molar-refractivity contribution in [3.8, 4) is 5.75 Å². The van der Waals surface area contributed by atoms with Crippen LogP contribution in [0.1, 0.15) is 22.9 Å².